The van der Waals surface area contributed by atoms with Crippen LogP contribution in [0.1, 0.15) is 25.7 Å². The molecule has 122 valence electrons. The monoisotopic (exact) mass is 316 g/mol. The number of piperidine rings is 1. The maximum absolute atomic E-state index is 12.2. The fourth-order valence-electron chi connectivity index (χ4n) is 2.60. The van der Waals surface area contributed by atoms with Crippen molar-refractivity contribution in [2.45, 2.75) is 32.3 Å². The first-order valence-corrected chi connectivity index (χ1v) is 7.83. The normalized spacial score (nSPS) is 21.4. The van der Waals surface area contributed by atoms with E-state index in [4.69, 9.17) is 4.52 Å². The number of hydrogen-bond donors (Lipinski definition) is 1. The van der Waals surface area contributed by atoms with Crippen molar-refractivity contribution in [3.8, 4) is 11.5 Å². The van der Waals surface area contributed by atoms with E-state index in [0.29, 0.717) is 43.3 Å². The largest absolute Gasteiger partial charge is 0.391 e. The molecule has 1 N–H and O–H groups in total. The Balaban J connectivity index is 1.55. The zero-order valence-electron chi connectivity index (χ0n) is 13.1. The van der Waals surface area contributed by atoms with Crippen LogP contribution >= 0.6 is 0 Å². The summed E-state index contributed by atoms with van der Waals surface area (Å²) in [5, 5.41) is 13.8. The Labute approximate surface area is 134 Å². The summed E-state index contributed by atoms with van der Waals surface area (Å²) in [6.07, 6.45) is 2.74. The molecule has 1 aliphatic rings. The lowest BCUT2D eigenvalue weighted by molar-refractivity contribution is -0.135. The smallest absolute Gasteiger partial charge is 0.227 e. The van der Waals surface area contributed by atoms with E-state index in [2.05, 4.69) is 15.1 Å². The van der Waals surface area contributed by atoms with Crippen LogP contribution in [0.5, 0.6) is 0 Å². The van der Waals surface area contributed by atoms with Gasteiger partial charge in [-0.05, 0) is 24.5 Å². The second kappa shape index (κ2) is 6.87. The number of aryl methyl sites for hydroxylation is 1. The van der Waals surface area contributed by atoms with Crippen molar-refractivity contribution in [2.75, 3.05) is 13.1 Å². The lowest BCUT2D eigenvalue weighted by Gasteiger charge is -2.34. The number of β-amino-alcohol motifs (C(OH)–C–C–N with tert-alkyl or cyclic N) is 1. The van der Waals surface area contributed by atoms with Crippen LogP contribution in [-0.2, 0) is 11.2 Å². The summed E-state index contributed by atoms with van der Waals surface area (Å²) in [6, 6.07) is 5.47. The Morgan fingerprint density at radius 3 is 3.09 bits per heavy atom. The Hall–Kier alpha value is -2.28. The third-order valence-corrected chi connectivity index (χ3v) is 4.19. The number of carbonyl (C=O) groups excluding carboxylic acids is 1. The van der Waals surface area contributed by atoms with Gasteiger partial charge in [0.25, 0.3) is 0 Å². The maximum Gasteiger partial charge on any atom is 0.227 e. The molecule has 0 bridgehead atoms. The highest BCUT2D eigenvalue weighted by Gasteiger charge is 2.27. The molecule has 0 aromatic carbocycles. The van der Waals surface area contributed by atoms with Gasteiger partial charge in [-0.2, -0.15) is 4.98 Å². The van der Waals surface area contributed by atoms with Crippen LogP contribution in [-0.4, -0.2) is 50.2 Å². The first-order chi connectivity index (χ1) is 11.1. The molecule has 1 amide bonds. The molecule has 2 aromatic heterocycles. The lowest BCUT2D eigenvalue weighted by atomic mass is 9.96. The Kier molecular flexibility index (Phi) is 4.66. The van der Waals surface area contributed by atoms with Crippen molar-refractivity contribution in [3.05, 3.63) is 30.3 Å². The van der Waals surface area contributed by atoms with Gasteiger partial charge in [0.05, 0.1) is 6.10 Å². The molecule has 1 fully saturated rings. The van der Waals surface area contributed by atoms with Crippen molar-refractivity contribution in [2.24, 2.45) is 5.92 Å². The van der Waals surface area contributed by atoms with Crippen molar-refractivity contribution in [1.82, 2.24) is 20.0 Å². The van der Waals surface area contributed by atoms with Gasteiger partial charge in [-0.3, -0.25) is 9.78 Å². The molecule has 7 heteroatoms. The number of likely N-dealkylation sites (tertiary alicyclic amines) is 1. The minimum Gasteiger partial charge on any atom is -0.391 e. The summed E-state index contributed by atoms with van der Waals surface area (Å²) >= 11 is 0. The molecule has 0 aliphatic carbocycles. The fourth-order valence-corrected chi connectivity index (χ4v) is 2.60. The number of carbonyl (C=O) groups is 1. The lowest BCUT2D eigenvalue weighted by Crippen LogP contribution is -2.45. The minimum atomic E-state index is -0.438. The molecule has 3 heterocycles. The predicted octanol–water partition coefficient (Wildman–Crippen LogP) is 1.29. The van der Waals surface area contributed by atoms with E-state index in [-0.39, 0.29) is 11.8 Å². The van der Waals surface area contributed by atoms with Crippen LogP contribution in [0.3, 0.4) is 0 Å². The number of aliphatic hydroxyl groups excluding tert-OH is 1. The number of rotatable bonds is 4. The molecule has 23 heavy (non-hydrogen) atoms. The van der Waals surface area contributed by atoms with Crippen molar-refractivity contribution in [1.29, 1.82) is 0 Å². The van der Waals surface area contributed by atoms with Gasteiger partial charge in [-0.1, -0.05) is 18.1 Å². The number of hydrogen-bond acceptors (Lipinski definition) is 6. The summed E-state index contributed by atoms with van der Waals surface area (Å²) in [6.45, 7) is 3.10. The average molecular weight is 316 g/mol. The van der Waals surface area contributed by atoms with Crippen molar-refractivity contribution < 1.29 is 14.4 Å². The third kappa shape index (κ3) is 3.73. The summed E-state index contributed by atoms with van der Waals surface area (Å²) in [7, 11) is 0. The van der Waals surface area contributed by atoms with Crippen LogP contribution in [0.2, 0.25) is 0 Å². The number of aromatic nitrogens is 3. The van der Waals surface area contributed by atoms with Gasteiger partial charge in [0.1, 0.15) is 5.69 Å². The van der Waals surface area contributed by atoms with Crippen molar-refractivity contribution >= 4 is 5.91 Å². The van der Waals surface area contributed by atoms with Gasteiger partial charge in [-0.25, -0.2) is 0 Å². The molecule has 2 aromatic rings. The van der Waals surface area contributed by atoms with Crippen LogP contribution in [0.15, 0.2) is 28.9 Å². The van der Waals surface area contributed by atoms with E-state index in [1.165, 1.54) is 0 Å². The molecular formula is C16H20N4O3. The van der Waals surface area contributed by atoms with E-state index in [1.807, 2.05) is 19.1 Å². The van der Waals surface area contributed by atoms with Gasteiger partial charge in [-0.15, -0.1) is 0 Å². The van der Waals surface area contributed by atoms with Crippen LogP contribution in [0.4, 0.5) is 0 Å². The van der Waals surface area contributed by atoms with Gasteiger partial charge >= 0.3 is 0 Å². The zero-order chi connectivity index (χ0) is 16.2. The molecule has 7 nitrogen and oxygen atoms in total. The van der Waals surface area contributed by atoms with Gasteiger partial charge in [0.2, 0.25) is 17.6 Å². The molecule has 0 radical (unpaired) electrons. The Morgan fingerprint density at radius 2 is 2.35 bits per heavy atom. The molecular weight excluding hydrogens is 296 g/mol. The molecule has 2 atom stereocenters. The van der Waals surface area contributed by atoms with E-state index in [0.717, 1.165) is 6.42 Å². The first kappa shape index (κ1) is 15.6. The van der Waals surface area contributed by atoms with Crippen LogP contribution < -0.4 is 0 Å². The van der Waals surface area contributed by atoms with E-state index >= 15 is 0 Å². The topological polar surface area (TPSA) is 92.4 Å². The minimum absolute atomic E-state index is 0.00790. The van der Waals surface area contributed by atoms with Crippen LogP contribution in [0.25, 0.3) is 11.5 Å². The summed E-state index contributed by atoms with van der Waals surface area (Å²) in [5.41, 5.74) is 0.641. The highest BCUT2D eigenvalue weighted by Crippen LogP contribution is 2.18. The third-order valence-electron chi connectivity index (χ3n) is 4.19. The quantitative estimate of drug-likeness (QED) is 0.914. The molecule has 3 rings (SSSR count). The number of nitrogens with zero attached hydrogens (tertiary/aromatic N) is 4. The summed E-state index contributed by atoms with van der Waals surface area (Å²) in [5.74, 6) is 1.10. The van der Waals surface area contributed by atoms with E-state index in [9.17, 15) is 9.90 Å². The standard InChI is InChI=1S/C16H20N4O3/c1-11-7-9-20(10-13(11)21)15(22)6-5-14-18-16(19-23-14)12-4-2-3-8-17-12/h2-4,8,11,13,21H,5-7,9-10H2,1H3. The van der Waals surface area contributed by atoms with Gasteiger partial charge < -0.3 is 14.5 Å². The molecule has 2 unspecified atom stereocenters. The average Bonchev–Trinajstić information content (AvgIpc) is 3.05. The molecule has 1 saturated heterocycles. The fraction of sp³-hybridized carbons (Fsp3) is 0.500. The van der Waals surface area contributed by atoms with Gasteiger partial charge in [0, 0.05) is 32.1 Å². The predicted molar refractivity (Wildman–Crippen MR) is 82.2 cm³/mol. The van der Waals surface area contributed by atoms with Gasteiger partial charge in [0.15, 0.2) is 0 Å². The van der Waals surface area contributed by atoms with E-state index in [1.54, 1.807) is 17.2 Å². The zero-order valence-corrected chi connectivity index (χ0v) is 13.1. The highest BCUT2D eigenvalue weighted by molar-refractivity contribution is 5.76. The second-order valence-electron chi connectivity index (χ2n) is 5.90. The van der Waals surface area contributed by atoms with Crippen LogP contribution in [0, 0.1) is 5.92 Å². The number of pyridine rings is 1. The Morgan fingerprint density at radius 1 is 1.48 bits per heavy atom. The molecule has 0 spiro atoms. The van der Waals surface area contributed by atoms with Crippen molar-refractivity contribution in [3.63, 3.8) is 0 Å². The molecule has 0 saturated carbocycles. The first-order valence-electron chi connectivity index (χ1n) is 7.83. The highest BCUT2D eigenvalue weighted by atomic mass is 16.5. The SMILES string of the molecule is CC1CCN(C(=O)CCc2nc(-c3ccccn3)no2)CC1O. The Bertz CT molecular complexity index is 658. The maximum atomic E-state index is 12.2. The molecule has 1 aliphatic heterocycles. The summed E-state index contributed by atoms with van der Waals surface area (Å²) in [4.78, 5) is 22.3. The number of aliphatic hydroxyl groups is 1. The number of amides is 1. The van der Waals surface area contributed by atoms with E-state index < -0.39 is 6.10 Å². The second-order valence-corrected chi connectivity index (χ2v) is 5.90. The summed E-state index contributed by atoms with van der Waals surface area (Å²) < 4.78 is 5.17.